The van der Waals surface area contributed by atoms with Gasteiger partial charge in [0.2, 0.25) is 0 Å². The molecule has 2 heterocycles. The summed E-state index contributed by atoms with van der Waals surface area (Å²) in [6.07, 6.45) is 0. The molecule has 2 fully saturated rings. The van der Waals surface area contributed by atoms with Gasteiger partial charge in [-0.3, -0.25) is 9.69 Å². The highest BCUT2D eigenvalue weighted by Gasteiger charge is 2.33. The average Bonchev–Trinajstić information content (AvgIpc) is 2.69. The van der Waals surface area contributed by atoms with Crippen LogP contribution in [-0.2, 0) is 4.74 Å². The van der Waals surface area contributed by atoms with Gasteiger partial charge in [0, 0.05) is 31.1 Å². The van der Waals surface area contributed by atoms with E-state index in [1.807, 2.05) is 4.90 Å². The summed E-state index contributed by atoms with van der Waals surface area (Å²) >= 11 is 11.9. The van der Waals surface area contributed by atoms with Crippen molar-refractivity contribution in [3.05, 3.63) is 33.8 Å². The highest BCUT2D eigenvalue weighted by atomic mass is 35.5. The molecule has 0 unspecified atom stereocenters. The Morgan fingerprint density at radius 3 is 2.76 bits per heavy atom. The van der Waals surface area contributed by atoms with Gasteiger partial charge >= 0.3 is 0 Å². The van der Waals surface area contributed by atoms with Crippen LogP contribution in [0.1, 0.15) is 10.4 Å². The zero-order valence-corrected chi connectivity index (χ0v) is 13.4. The van der Waals surface area contributed by atoms with Crippen molar-refractivity contribution in [2.75, 3.05) is 39.9 Å². The van der Waals surface area contributed by atoms with E-state index in [0.29, 0.717) is 41.3 Å². The van der Waals surface area contributed by atoms with Gasteiger partial charge in [-0.25, -0.2) is 0 Å². The maximum absolute atomic E-state index is 12.7. The molecule has 0 radical (unpaired) electrons. The van der Waals surface area contributed by atoms with Gasteiger partial charge in [-0.05, 0) is 25.2 Å². The van der Waals surface area contributed by atoms with Crippen LogP contribution in [0.5, 0.6) is 0 Å². The summed E-state index contributed by atoms with van der Waals surface area (Å²) in [4.78, 5) is 16.9. The molecule has 2 bridgehead atoms. The molecule has 4 nitrogen and oxygen atoms in total. The van der Waals surface area contributed by atoms with E-state index in [1.165, 1.54) is 0 Å². The molecule has 0 N–H and O–H groups in total. The van der Waals surface area contributed by atoms with Crippen LogP contribution in [0.3, 0.4) is 0 Å². The summed E-state index contributed by atoms with van der Waals surface area (Å²) in [5.74, 6) is 0.370. The van der Waals surface area contributed by atoms with Crippen LogP contribution in [0.4, 0.5) is 0 Å². The van der Waals surface area contributed by atoms with Crippen LogP contribution in [0, 0.1) is 5.92 Å². The first kappa shape index (κ1) is 15.1. The lowest BCUT2D eigenvalue weighted by Crippen LogP contribution is -2.44. The number of carbonyl (C=O) groups excluding carboxylic acids is 1. The van der Waals surface area contributed by atoms with Crippen LogP contribution in [0.2, 0.25) is 10.0 Å². The summed E-state index contributed by atoms with van der Waals surface area (Å²) in [5.41, 5.74) is 0.591. The van der Waals surface area contributed by atoms with Crippen LogP contribution < -0.4 is 0 Å². The van der Waals surface area contributed by atoms with E-state index in [1.54, 1.807) is 18.2 Å². The van der Waals surface area contributed by atoms with Gasteiger partial charge in [-0.1, -0.05) is 23.2 Å². The maximum atomic E-state index is 12.7. The zero-order chi connectivity index (χ0) is 15.0. The normalized spacial score (nSPS) is 26.5. The second kappa shape index (κ2) is 6.13. The fourth-order valence-corrected chi connectivity index (χ4v) is 3.33. The topological polar surface area (TPSA) is 32.8 Å². The van der Waals surface area contributed by atoms with Gasteiger partial charge in [0.15, 0.2) is 0 Å². The lowest BCUT2D eigenvalue weighted by atomic mass is 10.1. The number of benzene rings is 1. The summed E-state index contributed by atoms with van der Waals surface area (Å²) in [7, 11) is 2.10. The molecule has 21 heavy (non-hydrogen) atoms. The number of rotatable bonds is 1. The van der Waals surface area contributed by atoms with E-state index in [9.17, 15) is 4.79 Å². The molecule has 0 aliphatic carbocycles. The zero-order valence-electron chi connectivity index (χ0n) is 11.9. The van der Waals surface area contributed by atoms with E-state index >= 15 is 0 Å². The number of carbonyl (C=O) groups is 1. The minimum absolute atomic E-state index is 0.0146. The maximum Gasteiger partial charge on any atom is 0.253 e. The third-order valence-electron chi connectivity index (χ3n) is 4.20. The Hall–Kier alpha value is -0.810. The molecular weight excluding hydrogens is 311 g/mol. The fourth-order valence-electron chi connectivity index (χ4n) is 3.03. The van der Waals surface area contributed by atoms with Crippen molar-refractivity contribution in [1.82, 2.24) is 9.80 Å². The summed E-state index contributed by atoms with van der Waals surface area (Å²) in [6.45, 7) is 3.77. The molecule has 3 rings (SSSR count). The molecule has 0 spiro atoms. The van der Waals surface area contributed by atoms with E-state index in [2.05, 4.69) is 11.9 Å². The number of halogens is 2. The first-order chi connectivity index (χ1) is 10.0. The molecule has 1 amide bonds. The average molecular weight is 329 g/mol. The number of amides is 1. The van der Waals surface area contributed by atoms with Gasteiger partial charge in [0.05, 0.1) is 29.3 Å². The largest absolute Gasteiger partial charge is 0.379 e. The minimum Gasteiger partial charge on any atom is -0.379 e. The van der Waals surface area contributed by atoms with Crippen LogP contribution in [0.15, 0.2) is 18.2 Å². The Morgan fingerprint density at radius 1 is 1.19 bits per heavy atom. The predicted molar refractivity (Wildman–Crippen MR) is 83.1 cm³/mol. The number of hydrogen-bond acceptors (Lipinski definition) is 3. The summed E-state index contributed by atoms with van der Waals surface area (Å²) in [5, 5.41) is 0.882. The van der Waals surface area contributed by atoms with Crippen LogP contribution in [-0.4, -0.2) is 61.6 Å². The van der Waals surface area contributed by atoms with Crippen molar-refractivity contribution in [1.29, 1.82) is 0 Å². The first-order valence-electron chi connectivity index (χ1n) is 7.07. The monoisotopic (exact) mass is 328 g/mol. The summed E-state index contributed by atoms with van der Waals surface area (Å²) < 4.78 is 5.68. The molecule has 1 aromatic rings. The van der Waals surface area contributed by atoms with Gasteiger partial charge < -0.3 is 9.64 Å². The standard InChI is InChI=1S/C15H18Cl2N2O2/c1-18-5-10-6-19(7-12(18)9-21-8-10)15(20)11-2-3-13(16)14(17)4-11/h2-4,10,12H,5-9H2,1H3/t10-,12+/m1/s1. The second-order valence-electron chi connectivity index (χ2n) is 5.84. The molecule has 0 saturated carbocycles. The molecule has 2 aliphatic heterocycles. The Kier molecular flexibility index (Phi) is 4.41. The second-order valence-corrected chi connectivity index (χ2v) is 6.65. The van der Waals surface area contributed by atoms with Gasteiger partial charge in [0.1, 0.15) is 0 Å². The fraction of sp³-hybridized carbons (Fsp3) is 0.533. The molecule has 0 aromatic heterocycles. The smallest absolute Gasteiger partial charge is 0.253 e. The van der Waals surface area contributed by atoms with Gasteiger partial charge in [0.25, 0.3) is 5.91 Å². The van der Waals surface area contributed by atoms with Crippen molar-refractivity contribution in [2.45, 2.75) is 6.04 Å². The van der Waals surface area contributed by atoms with Gasteiger partial charge in [-0.15, -0.1) is 0 Å². The van der Waals surface area contributed by atoms with E-state index in [4.69, 9.17) is 27.9 Å². The highest BCUT2D eigenvalue weighted by Crippen LogP contribution is 2.25. The third-order valence-corrected chi connectivity index (χ3v) is 4.94. The van der Waals surface area contributed by atoms with E-state index in [-0.39, 0.29) is 11.9 Å². The number of ether oxygens (including phenoxy) is 1. The first-order valence-corrected chi connectivity index (χ1v) is 7.82. The Labute approximate surface area is 134 Å². The molecular formula is C15H18Cl2N2O2. The number of likely N-dealkylation sites (N-methyl/N-ethyl adjacent to an activating group) is 1. The molecule has 6 heteroatoms. The SMILES string of the molecule is CN1C[C@H]2COC[C@@H]1CN(C(=O)c1ccc(Cl)c(Cl)c1)C2. The third kappa shape index (κ3) is 3.19. The molecule has 114 valence electrons. The number of nitrogens with zero attached hydrogens (tertiary/aromatic N) is 2. The molecule has 2 atom stereocenters. The van der Waals surface area contributed by atoms with Crippen molar-refractivity contribution in [3.8, 4) is 0 Å². The summed E-state index contributed by atoms with van der Waals surface area (Å²) in [6, 6.07) is 5.31. The van der Waals surface area contributed by atoms with E-state index < -0.39 is 0 Å². The Balaban J connectivity index is 1.82. The molecule has 2 saturated heterocycles. The number of fused-ring (bicyclic) bond motifs is 3. The van der Waals surface area contributed by atoms with Crippen LogP contribution >= 0.6 is 23.2 Å². The predicted octanol–water partition coefficient (Wildman–Crippen LogP) is 2.40. The van der Waals surface area contributed by atoms with Crippen molar-refractivity contribution in [3.63, 3.8) is 0 Å². The van der Waals surface area contributed by atoms with Crippen molar-refractivity contribution >= 4 is 29.1 Å². The highest BCUT2D eigenvalue weighted by molar-refractivity contribution is 6.42. The van der Waals surface area contributed by atoms with Crippen molar-refractivity contribution in [2.24, 2.45) is 5.92 Å². The molecule has 1 aromatic carbocycles. The lowest BCUT2D eigenvalue weighted by molar-refractivity contribution is 0.0434. The quantitative estimate of drug-likeness (QED) is 0.793. The van der Waals surface area contributed by atoms with Crippen molar-refractivity contribution < 1.29 is 9.53 Å². The minimum atomic E-state index is 0.0146. The Morgan fingerprint density at radius 2 is 2.00 bits per heavy atom. The van der Waals surface area contributed by atoms with Crippen LogP contribution in [0.25, 0.3) is 0 Å². The van der Waals surface area contributed by atoms with E-state index in [0.717, 1.165) is 13.1 Å². The number of hydrogen-bond donors (Lipinski definition) is 0. The Bertz CT molecular complexity index is 552. The molecule has 2 aliphatic rings. The van der Waals surface area contributed by atoms with Gasteiger partial charge in [-0.2, -0.15) is 0 Å². The lowest BCUT2D eigenvalue weighted by Gasteiger charge is -2.29.